The van der Waals surface area contributed by atoms with Crippen LogP contribution in [0.3, 0.4) is 0 Å². The van der Waals surface area contributed by atoms with Gasteiger partial charge in [-0.05, 0) is 31.2 Å². The molecule has 1 heterocycles. The fourth-order valence-corrected chi connectivity index (χ4v) is 2.85. The summed E-state index contributed by atoms with van der Waals surface area (Å²) in [7, 11) is 0. The Labute approximate surface area is 120 Å². The Morgan fingerprint density at radius 1 is 1.40 bits per heavy atom. The molecule has 0 radical (unpaired) electrons. The van der Waals surface area contributed by atoms with Crippen LogP contribution in [0.2, 0.25) is 0 Å². The Bertz CT molecular complexity index is 435. The molecule has 1 N–H and O–H groups in total. The van der Waals surface area contributed by atoms with Gasteiger partial charge >= 0.3 is 6.09 Å². The van der Waals surface area contributed by atoms with Crippen LogP contribution in [0.5, 0.6) is 0 Å². The van der Waals surface area contributed by atoms with E-state index in [4.69, 9.17) is 4.74 Å². The van der Waals surface area contributed by atoms with Crippen molar-refractivity contribution in [1.29, 1.82) is 0 Å². The molecule has 4 heteroatoms. The van der Waals surface area contributed by atoms with Crippen molar-refractivity contribution in [1.82, 2.24) is 4.90 Å². The molecule has 0 spiro atoms. The van der Waals surface area contributed by atoms with Crippen molar-refractivity contribution in [2.75, 3.05) is 6.54 Å². The summed E-state index contributed by atoms with van der Waals surface area (Å²) in [4.78, 5) is 12.9. The fourth-order valence-electron chi connectivity index (χ4n) is 2.85. The first-order valence-corrected chi connectivity index (χ1v) is 7.36. The van der Waals surface area contributed by atoms with E-state index in [0.29, 0.717) is 13.2 Å². The molecule has 1 aliphatic rings. The van der Waals surface area contributed by atoms with Gasteiger partial charge in [0, 0.05) is 6.54 Å². The van der Waals surface area contributed by atoms with Crippen molar-refractivity contribution in [2.24, 2.45) is 0 Å². The summed E-state index contributed by atoms with van der Waals surface area (Å²) in [5.74, 6) is 0. The first-order chi connectivity index (χ1) is 9.68. The molecule has 1 unspecified atom stereocenters. The molecule has 110 valence electrons. The highest BCUT2D eigenvalue weighted by Gasteiger charge is 2.44. The average Bonchev–Trinajstić information content (AvgIpc) is 2.89. The van der Waals surface area contributed by atoms with E-state index in [0.717, 1.165) is 37.7 Å². The first-order valence-electron chi connectivity index (χ1n) is 7.36. The second-order valence-electron chi connectivity index (χ2n) is 5.36. The maximum atomic E-state index is 11.4. The summed E-state index contributed by atoms with van der Waals surface area (Å²) < 4.78 is 6.10. The van der Waals surface area contributed by atoms with Gasteiger partial charge in [0.2, 0.25) is 0 Å². The summed E-state index contributed by atoms with van der Waals surface area (Å²) in [6, 6.07) is 9.93. The molecule has 1 atom stereocenters. The van der Waals surface area contributed by atoms with E-state index in [9.17, 15) is 9.90 Å². The van der Waals surface area contributed by atoms with E-state index in [1.807, 2.05) is 30.3 Å². The van der Waals surface area contributed by atoms with Crippen LogP contribution in [0.1, 0.15) is 44.6 Å². The molecular formula is C16H23NO3. The Hall–Kier alpha value is -1.55. The number of amides is 1. The molecule has 1 aliphatic heterocycles. The second-order valence-corrected chi connectivity index (χ2v) is 5.36. The average molecular weight is 277 g/mol. The summed E-state index contributed by atoms with van der Waals surface area (Å²) in [5, 5.41) is 9.39. The van der Waals surface area contributed by atoms with Gasteiger partial charge in [0.05, 0.1) is 6.61 Å². The molecule has 1 aromatic rings. The van der Waals surface area contributed by atoms with Crippen molar-refractivity contribution in [3.63, 3.8) is 0 Å². The van der Waals surface area contributed by atoms with Gasteiger partial charge in [-0.2, -0.15) is 0 Å². The molecule has 1 amide bonds. The molecule has 1 saturated heterocycles. The number of ether oxygens (including phenoxy) is 1. The molecule has 1 fully saturated rings. The first kappa shape index (κ1) is 14.9. The van der Waals surface area contributed by atoms with Gasteiger partial charge in [-0.25, -0.2) is 4.79 Å². The SMILES string of the molecule is CCCCC1(OCc2ccccc2)CCCN1C(=O)O. The Kier molecular flexibility index (Phi) is 5.01. The maximum Gasteiger partial charge on any atom is 0.409 e. The second kappa shape index (κ2) is 6.75. The van der Waals surface area contributed by atoms with Crippen molar-refractivity contribution in [2.45, 2.75) is 51.4 Å². The molecule has 20 heavy (non-hydrogen) atoms. The molecule has 4 nitrogen and oxygen atoms in total. The molecular weight excluding hydrogens is 254 g/mol. The normalized spacial score (nSPS) is 22.1. The highest BCUT2D eigenvalue weighted by Crippen LogP contribution is 2.36. The number of benzene rings is 1. The van der Waals surface area contributed by atoms with E-state index < -0.39 is 11.8 Å². The van der Waals surface area contributed by atoms with Gasteiger partial charge in [0.1, 0.15) is 5.72 Å². The topological polar surface area (TPSA) is 49.8 Å². The van der Waals surface area contributed by atoms with Crippen LogP contribution >= 0.6 is 0 Å². The zero-order chi connectivity index (χ0) is 14.4. The van der Waals surface area contributed by atoms with Crippen LogP contribution in [0.4, 0.5) is 4.79 Å². The predicted molar refractivity (Wildman–Crippen MR) is 77.5 cm³/mol. The van der Waals surface area contributed by atoms with Gasteiger partial charge in [0.25, 0.3) is 0 Å². The number of hydrogen-bond acceptors (Lipinski definition) is 2. The third-order valence-electron chi connectivity index (χ3n) is 3.94. The molecule has 0 saturated carbocycles. The van der Waals surface area contributed by atoms with Crippen molar-refractivity contribution in [3.05, 3.63) is 35.9 Å². The summed E-state index contributed by atoms with van der Waals surface area (Å²) >= 11 is 0. The number of nitrogens with zero attached hydrogens (tertiary/aromatic N) is 1. The smallest absolute Gasteiger partial charge is 0.409 e. The number of rotatable bonds is 6. The minimum absolute atomic E-state index is 0.467. The number of carboxylic acid groups (broad SMARTS) is 1. The summed E-state index contributed by atoms with van der Waals surface area (Å²) in [5.41, 5.74) is 0.457. The Morgan fingerprint density at radius 2 is 2.15 bits per heavy atom. The van der Waals surface area contributed by atoms with E-state index >= 15 is 0 Å². The quantitative estimate of drug-likeness (QED) is 0.859. The van der Waals surface area contributed by atoms with Crippen LogP contribution in [0.15, 0.2) is 30.3 Å². The van der Waals surface area contributed by atoms with Crippen LogP contribution < -0.4 is 0 Å². The lowest BCUT2D eigenvalue weighted by Crippen LogP contribution is -2.48. The molecule has 1 aromatic carbocycles. The molecule has 0 bridgehead atoms. The highest BCUT2D eigenvalue weighted by atomic mass is 16.5. The van der Waals surface area contributed by atoms with Crippen molar-refractivity contribution >= 4 is 6.09 Å². The third kappa shape index (κ3) is 3.31. The van der Waals surface area contributed by atoms with Gasteiger partial charge in [0.15, 0.2) is 0 Å². The predicted octanol–water partition coefficient (Wildman–Crippen LogP) is 3.86. The zero-order valence-corrected chi connectivity index (χ0v) is 12.0. The van der Waals surface area contributed by atoms with Gasteiger partial charge in [-0.3, -0.25) is 4.90 Å². The Morgan fingerprint density at radius 3 is 2.80 bits per heavy atom. The molecule has 0 aliphatic carbocycles. The van der Waals surface area contributed by atoms with E-state index in [-0.39, 0.29) is 0 Å². The van der Waals surface area contributed by atoms with E-state index in [1.54, 1.807) is 0 Å². The number of likely N-dealkylation sites (tertiary alicyclic amines) is 1. The lowest BCUT2D eigenvalue weighted by Gasteiger charge is -2.37. The highest BCUT2D eigenvalue weighted by molar-refractivity contribution is 5.66. The zero-order valence-electron chi connectivity index (χ0n) is 12.0. The third-order valence-corrected chi connectivity index (χ3v) is 3.94. The van der Waals surface area contributed by atoms with E-state index in [1.165, 1.54) is 4.90 Å². The van der Waals surface area contributed by atoms with Gasteiger partial charge in [-0.15, -0.1) is 0 Å². The lowest BCUT2D eigenvalue weighted by molar-refractivity contribution is -0.136. The largest absolute Gasteiger partial charge is 0.465 e. The van der Waals surface area contributed by atoms with Gasteiger partial charge in [-0.1, -0.05) is 43.7 Å². The summed E-state index contributed by atoms with van der Waals surface area (Å²) in [6.07, 6.45) is 3.62. The monoisotopic (exact) mass is 277 g/mol. The van der Waals surface area contributed by atoms with Crippen LogP contribution in [0.25, 0.3) is 0 Å². The van der Waals surface area contributed by atoms with Crippen molar-refractivity contribution < 1.29 is 14.6 Å². The minimum Gasteiger partial charge on any atom is -0.465 e. The number of unbranched alkanes of at least 4 members (excludes halogenated alkanes) is 1. The summed E-state index contributed by atoms with van der Waals surface area (Å²) in [6.45, 7) is 3.16. The number of hydrogen-bond donors (Lipinski definition) is 1. The lowest BCUT2D eigenvalue weighted by atomic mass is 10.0. The fraction of sp³-hybridized carbons (Fsp3) is 0.562. The van der Waals surface area contributed by atoms with Crippen molar-refractivity contribution in [3.8, 4) is 0 Å². The molecule has 0 aromatic heterocycles. The van der Waals surface area contributed by atoms with Crippen LogP contribution in [0, 0.1) is 0 Å². The van der Waals surface area contributed by atoms with E-state index in [2.05, 4.69) is 6.92 Å². The molecule has 2 rings (SSSR count). The van der Waals surface area contributed by atoms with Crippen LogP contribution in [-0.2, 0) is 11.3 Å². The Balaban J connectivity index is 2.08. The maximum absolute atomic E-state index is 11.4. The van der Waals surface area contributed by atoms with Crippen LogP contribution in [-0.4, -0.2) is 28.4 Å². The van der Waals surface area contributed by atoms with Gasteiger partial charge < -0.3 is 9.84 Å². The minimum atomic E-state index is -0.869. The standard InChI is InChI=1S/C16H23NO3/c1-2-3-10-16(11-7-12-17(16)15(18)19)20-13-14-8-5-4-6-9-14/h4-6,8-9H,2-3,7,10-13H2,1H3,(H,18,19). The number of carbonyl (C=O) groups is 1.